The van der Waals surface area contributed by atoms with E-state index in [-0.39, 0.29) is 36.4 Å². The smallest absolute Gasteiger partial charge is 0.241 e. The van der Waals surface area contributed by atoms with E-state index < -0.39 is 0 Å². The first-order chi connectivity index (χ1) is 11.7. The Morgan fingerprint density at radius 3 is 2.28 bits per heavy atom. The number of halogens is 1. The molecule has 1 aliphatic heterocycles. The number of nitrogens with one attached hydrogen (secondary N) is 2. The lowest BCUT2D eigenvalue weighted by Gasteiger charge is -2.36. The molecule has 1 aliphatic rings. The van der Waals surface area contributed by atoms with E-state index in [1.165, 1.54) is 5.56 Å². The van der Waals surface area contributed by atoms with E-state index in [1.807, 2.05) is 13.8 Å². The quantitative estimate of drug-likeness (QED) is 0.385. The third kappa shape index (κ3) is 7.60. The number of hydrogen-bond donors (Lipinski definition) is 2. The number of carbonyl (C=O) groups excluding carboxylic acids is 1. The molecule has 1 fully saturated rings. The molecule has 0 unspecified atom stereocenters. The third-order valence-electron chi connectivity index (χ3n) is 4.00. The number of aliphatic imine (C=N–C) groups is 1. The minimum atomic E-state index is -0.0318. The van der Waals surface area contributed by atoms with Crippen LogP contribution >= 0.6 is 24.0 Å². The van der Waals surface area contributed by atoms with Crippen molar-refractivity contribution in [1.82, 2.24) is 20.4 Å². The van der Waals surface area contributed by atoms with Gasteiger partial charge in [-0.05, 0) is 19.4 Å². The normalized spacial score (nSPS) is 15.4. The Balaban J connectivity index is 0.00000312. The molecular weight excluding hydrogens is 429 g/mol. The molecule has 1 aromatic rings. The minimum absolute atomic E-state index is 0. The predicted molar refractivity (Wildman–Crippen MR) is 113 cm³/mol. The van der Waals surface area contributed by atoms with E-state index in [4.69, 9.17) is 0 Å². The zero-order valence-corrected chi connectivity index (χ0v) is 17.5. The standard InChI is InChI=1S/C18H29N5O.HI/c1-3-19-17(24)14-21-18(20-4-2)23-12-10-22(11-13-23)15-16-8-6-5-7-9-16;/h5-9H,3-4,10-15H2,1-2H3,(H,19,24)(H,20,21);1H. The van der Waals surface area contributed by atoms with Crippen LogP contribution in [0.5, 0.6) is 0 Å². The molecule has 0 aromatic heterocycles. The van der Waals surface area contributed by atoms with Gasteiger partial charge in [-0.3, -0.25) is 9.69 Å². The van der Waals surface area contributed by atoms with Gasteiger partial charge in [0.15, 0.2) is 5.96 Å². The van der Waals surface area contributed by atoms with Crippen LogP contribution < -0.4 is 10.6 Å². The molecular formula is C18H30IN5O. The van der Waals surface area contributed by atoms with Gasteiger partial charge in [-0.2, -0.15) is 0 Å². The van der Waals surface area contributed by atoms with Crippen molar-refractivity contribution >= 4 is 35.8 Å². The Morgan fingerprint density at radius 2 is 1.68 bits per heavy atom. The summed E-state index contributed by atoms with van der Waals surface area (Å²) in [6.07, 6.45) is 0. The molecule has 6 nitrogen and oxygen atoms in total. The molecule has 2 rings (SSSR count). The van der Waals surface area contributed by atoms with Crippen molar-refractivity contribution in [2.24, 2.45) is 4.99 Å². The van der Waals surface area contributed by atoms with Crippen LogP contribution in [0.15, 0.2) is 35.3 Å². The number of hydrogen-bond acceptors (Lipinski definition) is 3. The first kappa shape index (κ1) is 21.7. The largest absolute Gasteiger partial charge is 0.357 e. The fraction of sp³-hybridized carbons (Fsp3) is 0.556. The van der Waals surface area contributed by atoms with E-state index in [0.29, 0.717) is 6.54 Å². The van der Waals surface area contributed by atoms with Crippen molar-refractivity contribution < 1.29 is 4.79 Å². The van der Waals surface area contributed by atoms with Crippen LogP contribution in [0.4, 0.5) is 0 Å². The number of nitrogens with zero attached hydrogens (tertiary/aromatic N) is 3. The molecule has 140 valence electrons. The molecule has 0 radical (unpaired) electrons. The van der Waals surface area contributed by atoms with Crippen molar-refractivity contribution in [3.63, 3.8) is 0 Å². The van der Waals surface area contributed by atoms with E-state index in [2.05, 4.69) is 55.8 Å². The lowest BCUT2D eigenvalue weighted by atomic mass is 10.2. The van der Waals surface area contributed by atoms with Crippen molar-refractivity contribution in [3.05, 3.63) is 35.9 Å². The molecule has 0 spiro atoms. The zero-order chi connectivity index (χ0) is 17.2. The maximum absolute atomic E-state index is 11.6. The number of likely N-dealkylation sites (N-methyl/N-ethyl adjacent to an activating group) is 1. The van der Waals surface area contributed by atoms with Crippen molar-refractivity contribution in [3.8, 4) is 0 Å². The maximum Gasteiger partial charge on any atom is 0.241 e. The topological polar surface area (TPSA) is 60.0 Å². The van der Waals surface area contributed by atoms with Crippen LogP contribution in [0.25, 0.3) is 0 Å². The van der Waals surface area contributed by atoms with Gasteiger partial charge in [0.05, 0.1) is 0 Å². The summed E-state index contributed by atoms with van der Waals surface area (Å²) >= 11 is 0. The third-order valence-corrected chi connectivity index (χ3v) is 4.00. The second-order valence-corrected chi connectivity index (χ2v) is 5.87. The Bertz CT molecular complexity index is 530. The molecule has 1 saturated heterocycles. The van der Waals surface area contributed by atoms with E-state index in [1.54, 1.807) is 0 Å². The molecule has 2 N–H and O–H groups in total. The van der Waals surface area contributed by atoms with E-state index in [0.717, 1.165) is 45.2 Å². The highest BCUT2D eigenvalue weighted by Crippen LogP contribution is 2.08. The summed E-state index contributed by atoms with van der Waals surface area (Å²) in [5, 5.41) is 6.07. The van der Waals surface area contributed by atoms with E-state index in [9.17, 15) is 4.79 Å². The van der Waals surface area contributed by atoms with Gasteiger partial charge < -0.3 is 15.5 Å². The summed E-state index contributed by atoms with van der Waals surface area (Å²) < 4.78 is 0. The second-order valence-electron chi connectivity index (χ2n) is 5.87. The highest BCUT2D eigenvalue weighted by atomic mass is 127. The Labute approximate surface area is 168 Å². The molecule has 1 aromatic carbocycles. The highest BCUT2D eigenvalue weighted by Gasteiger charge is 2.19. The summed E-state index contributed by atoms with van der Waals surface area (Å²) in [4.78, 5) is 20.8. The number of amides is 1. The first-order valence-electron chi connectivity index (χ1n) is 8.79. The van der Waals surface area contributed by atoms with Crippen LogP contribution in [-0.4, -0.2) is 67.5 Å². The van der Waals surface area contributed by atoms with Crippen LogP contribution in [0.2, 0.25) is 0 Å². The van der Waals surface area contributed by atoms with Gasteiger partial charge in [-0.25, -0.2) is 4.99 Å². The molecule has 0 saturated carbocycles. The molecule has 0 atom stereocenters. The van der Waals surface area contributed by atoms with Gasteiger partial charge in [0.1, 0.15) is 6.54 Å². The van der Waals surface area contributed by atoms with Gasteiger partial charge in [-0.1, -0.05) is 30.3 Å². The van der Waals surface area contributed by atoms with Crippen molar-refractivity contribution in [2.45, 2.75) is 20.4 Å². The van der Waals surface area contributed by atoms with Gasteiger partial charge in [0.25, 0.3) is 0 Å². The highest BCUT2D eigenvalue weighted by molar-refractivity contribution is 14.0. The fourth-order valence-corrected chi connectivity index (χ4v) is 2.78. The SMILES string of the molecule is CCNC(=O)CN=C(NCC)N1CCN(Cc2ccccc2)CC1.I. The molecule has 25 heavy (non-hydrogen) atoms. The Hall–Kier alpha value is -1.35. The zero-order valence-electron chi connectivity index (χ0n) is 15.2. The number of carbonyl (C=O) groups is 1. The van der Waals surface area contributed by atoms with Crippen molar-refractivity contribution in [1.29, 1.82) is 0 Å². The number of rotatable bonds is 6. The second kappa shape index (κ2) is 12.1. The molecule has 1 heterocycles. The Kier molecular flexibility index (Phi) is 10.5. The predicted octanol–water partition coefficient (Wildman–Crippen LogP) is 1.52. The van der Waals surface area contributed by atoms with Gasteiger partial charge in [0, 0.05) is 45.8 Å². The monoisotopic (exact) mass is 459 g/mol. The average Bonchev–Trinajstić information content (AvgIpc) is 2.60. The lowest BCUT2D eigenvalue weighted by Crippen LogP contribution is -2.52. The molecule has 7 heteroatoms. The fourth-order valence-electron chi connectivity index (χ4n) is 2.78. The summed E-state index contributed by atoms with van der Waals surface area (Å²) in [6.45, 7) is 10.4. The van der Waals surface area contributed by atoms with E-state index >= 15 is 0 Å². The minimum Gasteiger partial charge on any atom is -0.357 e. The van der Waals surface area contributed by atoms with Gasteiger partial charge in [-0.15, -0.1) is 24.0 Å². The Morgan fingerprint density at radius 1 is 1.04 bits per heavy atom. The summed E-state index contributed by atoms with van der Waals surface area (Å²) in [5.74, 6) is 0.804. The number of piperazine rings is 1. The molecule has 0 bridgehead atoms. The summed E-state index contributed by atoms with van der Waals surface area (Å²) in [5.41, 5.74) is 1.35. The van der Waals surface area contributed by atoms with Crippen LogP contribution in [0, 0.1) is 0 Å². The lowest BCUT2D eigenvalue weighted by molar-refractivity contribution is -0.119. The van der Waals surface area contributed by atoms with Crippen LogP contribution in [0.1, 0.15) is 19.4 Å². The summed E-state index contributed by atoms with van der Waals surface area (Å²) in [7, 11) is 0. The van der Waals surface area contributed by atoms with Crippen LogP contribution in [0.3, 0.4) is 0 Å². The maximum atomic E-state index is 11.6. The summed E-state index contributed by atoms with van der Waals surface area (Å²) in [6, 6.07) is 10.6. The average molecular weight is 459 g/mol. The van der Waals surface area contributed by atoms with Crippen LogP contribution in [-0.2, 0) is 11.3 Å². The number of guanidine groups is 1. The van der Waals surface area contributed by atoms with Gasteiger partial charge in [0.2, 0.25) is 5.91 Å². The molecule has 1 amide bonds. The number of benzene rings is 1. The van der Waals surface area contributed by atoms with Crippen molar-refractivity contribution in [2.75, 3.05) is 45.8 Å². The first-order valence-corrected chi connectivity index (χ1v) is 8.79. The molecule has 0 aliphatic carbocycles. The van der Waals surface area contributed by atoms with Gasteiger partial charge >= 0.3 is 0 Å².